The number of phenolic OH excluding ortho intramolecular Hbond substituents is 1. The fourth-order valence-corrected chi connectivity index (χ4v) is 2.01. The van der Waals surface area contributed by atoms with Gasteiger partial charge in [-0.1, -0.05) is 6.07 Å². The Bertz CT molecular complexity index is 496. The third-order valence-corrected chi connectivity index (χ3v) is 2.94. The maximum atomic E-state index is 10.5. The molecule has 1 atom stereocenters. The van der Waals surface area contributed by atoms with Crippen LogP contribution in [0.2, 0.25) is 0 Å². The summed E-state index contributed by atoms with van der Waals surface area (Å²) < 4.78 is 38.8. The summed E-state index contributed by atoms with van der Waals surface area (Å²) in [4.78, 5) is 0. The van der Waals surface area contributed by atoms with Crippen LogP contribution in [-0.4, -0.2) is 31.3 Å². The van der Waals surface area contributed by atoms with Crippen molar-refractivity contribution in [3.05, 3.63) is 23.8 Å². The minimum Gasteiger partial charge on any atom is -0.504 e. The zero-order chi connectivity index (χ0) is 13.8. The maximum absolute atomic E-state index is 10.5. The average molecular weight is 276 g/mol. The predicted octanol–water partition coefficient (Wildman–Crippen LogP) is 1.54. The van der Waals surface area contributed by atoms with Crippen molar-refractivity contribution in [1.82, 2.24) is 0 Å². The van der Waals surface area contributed by atoms with E-state index in [9.17, 15) is 13.5 Å². The minimum absolute atomic E-state index is 0.0449. The summed E-state index contributed by atoms with van der Waals surface area (Å²) in [5, 5.41) is 9.40. The molecule has 0 saturated heterocycles. The van der Waals surface area contributed by atoms with Crippen LogP contribution in [0.3, 0.4) is 0 Å². The van der Waals surface area contributed by atoms with Crippen LogP contribution >= 0.6 is 0 Å². The van der Waals surface area contributed by atoms with E-state index < -0.39 is 16.5 Å². The molecule has 0 saturated carbocycles. The van der Waals surface area contributed by atoms with Gasteiger partial charge in [0.25, 0.3) is 0 Å². The van der Waals surface area contributed by atoms with Crippen molar-refractivity contribution < 1.29 is 27.0 Å². The zero-order valence-corrected chi connectivity index (χ0v) is 11.0. The van der Waals surface area contributed by atoms with Gasteiger partial charge in [0.05, 0.1) is 13.2 Å². The normalized spacial score (nSPS) is 13.3. The Balaban J connectivity index is 2.58. The lowest BCUT2D eigenvalue weighted by Gasteiger charge is -2.11. The van der Waals surface area contributed by atoms with E-state index in [0.717, 1.165) is 5.56 Å². The number of phenols is 1. The van der Waals surface area contributed by atoms with Crippen molar-refractivity contribution in [2.24, 2.45) is 0 Å². The van der Waals surface area contributed by atoms with Crippen molar-refractivity contribution in [1.29, 1.82) is 0 Å². The molecule has 0 aliphatic rings. The molecule has 0 fully saturated rings. The van der Waals surface area contributed by atoms with Crippen molar-refractivity contribution in [2.75, 3.05) is 7.11 Å². The van der Waals surface area contributed by atoms with Gasteiger partial charge in [-0.05, 0) is 37.5 Å². The molecule has 0 aliphatic carbocycles. The van der Waals surface area contributed by atoms with Gasteiger partial charge in [0, 0.05) is 0 Å². The Morgan fingerprint density at radius 2 is 2.06 bits per heavy atom. The molecule has 2 N–H and O–H groups in total. The quantitative estimate of drug-likeness (QED) is 0.766. The van der Waals surface area contributed by atoms with Gasteiger partial charge in [0.15, 0.2) is 11.5 Å². The van der Waals surface area contributed by atoms with Crippen LogP contribution in [0, 0.1) is 0 Å². The minimum atomic E-state index is -4.41. The molecule has 0 heterocycles. The zero-order valence-electron chi connectivity index (χ0n) is 10.2. The molecule has 0 radical (unpaired) electrons. The lowest BCUT2D eigenvalue weighted by molar-refractivity contribution is 0.189. The van der Waals surface area contributed by atoms with Crippen molar-refractivity contribution >= 4 is 10.4 Å². The van der Waals surface area contributed by atoms with Gasteiger partial charge >= 0.3 is 10.4 Å². The van der Waals surface area contributed by atoms with E-state index in [2.05, 4.69) is 4.18 Å². The largest absolute Gasteiger partial charge is 0.504 e. The van der Waals surface area contributed by atoms with Crippen LogP contribution in [0.5, 0.6) is 11.5 Å². The van der Waals surface area contributed by atoms with E-state index in [1.54, 1.807) is 19.1 Å². The van der Waals surface area contributed by atoms with E-state index >= 15 is 0 Å². The third-order valence-electron chi connectivity index (χ3n) is 2.37. The maximum Gasteiger partial charge on any atom is 0.397 e. The molecule has 0 spiro atoms. The molecule has 6 nitrogen and oxygen atoms in total. The van der Waals surface area contributed by atoms with Crippen LogP contribution in [0.4, 0.5) is 0 Å². The number of benzene rings is 1. The highest BCUT2D eigenvalue weighted by atomic mass is 32.3. The molecule has 102 valence electrons. The predicted molar refractivity (Wildman–Crippen MR) is 65.1 cm³/mol. The molecule has 0 aromatic heterocycles. The third kappa shape index (κ3) is 4.91. The molecule has 0 aliphatic heterocycles. The Morgan fingerprint density at radius 3 is 2.61 bits per heavy atom. The Hall–Kier alpha value is -1.31. The number of ether oxygens (including phenoxy) is 1. The molecule has 7 heteroatoms. The molecular weight excluding hydrogens is 260 g/mol. The second-order valence-corrected chi connectivity index (χ2v) is 4.93. The Labute approximate surface area is 106 Å². The average Bonchev–Trinajstić information content (AvgIpc) is 2.25. The number of aromatic hydroxyl groups is 1. The first-order valence-corrected chi connectivity index (χ1v) is 6.70. The first kappa shape index (κ1) is 14.7. The summed E-state index contributed by atoms with van der Waals surface area (Å²) in [7, 11) is -2.96. The summed E-state index contributed by atoms with van der Waals surface area (Å²) in [6.45, 7) is 1.55. The molecule has 0 amide bonds. The molecule has 1 aromatic rings. The van der Waals surface area contributed by atoms with Gasteiger partial charge in [-0.25, -0.2) is 4.18 Å². The van der Waals surface area contributed by atoms with Crippen molar-refractivity contribution in [3.8, 4) is 11.5 Å². The highest BCUT2D eigenvalue weighted by Crippen LogP contribution is 2.27. The SMILES string of the molecule is COc1cc(CCC(C)OS(=O)(=O)O)ccc1O. The summed E-state index contributed by atoms with van der Waals surface area (Å²) >= 11 is 0. The summed E-state index contributed by atoms with van der Waals surface area (Å²) in [5.41, 5.74) is 0.871. The molecule has 1 unspecified atom stereocenters. The summed E-state index contributed by atoms with van der Waals surface area (Å²) in [6.07, 6.45) is 0.320. The van der Waals surface area contributed by atoms with Crippen LogP contribution in [0.15, 0.2) is 18.2 Å². The molecule has 1 aromatic carbocycles. The van der Waals surface area contributed by atoms with E-state index in [1.807, 2.05) is 0 Å². The van der Waals surface area contributed by atoms with E-state index in [-0.39, 0.29) is 5.75 Å². The molecule has 0 bridgehead atoms. The van der Waals surface area contributed by atoms with E-state index in [1.165, 1.54) is 13.2 Å². The van der Waals surface area contributed by atoms with Gasteiger partial charge in [-0.3, -0.25) is 4.55 Å². The first-order chi connectivity index (χ1) is 8.31. The first-order valence-electron chi connectivity index (χ1n) is 5.33. The lowest BCUT2D eigenvalue weighted by Crippen LogP contribution is -2.15. The molecule has 18 heavy (non-hydrogen) atoms. The smallest absolute Gasteiger partial charge is 0.397 e. The second kappa shape index (κ2) is 6.03. The van der Waals surface area contributed by atoms with Gasteiger partial charge in [0.1, 0.15) is 0 Å². The van der Waals surface area contributed by atoms with Gasteiger partial charge < -0.3 is 9.84 Å². The van der Waals surface area contributed by atoms with E-state index in [4.69, 9.17) is 9.29 Å². The van der Waals surface area contributed by atoms with Crippen molar-refractivity contribution in [3.63, 3.8) is 0 Å². The Kier molecular flexibility index (Phi) is 4.94. The molecule has 1 rings (SSSR count). The monoisotopic (exact) mass is 276 g/mol. The van der Waals surface area contributed by atoms with E-state index in [0.29, 0.717) is 18.6 Å². The van der Waals surface area contributed by atoms with Crippen molar-refractivity contribution in [2.45, 2.75) is 25.9 Å². The fraction of sp³-hybridized carbons (Fsp3) is 0.455. The number of aryl methyl sites for hydroxylation is 1. The van der Waals surface area contributed by atoms with Crippen LogP contribution in [0.1, 0.15) is 18.9 Å². The number of rotatable bonds is 6. The number of hydrogen-bond acceptors (Lipinski definition) is 5. The summed E-state index contributed by atoms with van der Waals surface area (Å²) in [6, 6.07) is 4.87. The van der Waals surface area contributed by atoms with Gasteiger partial charge in [-0.2, -0.15) is 8.42 Å². The number of hydrogen-bond donors (Lipinski definition) is 2. The van der Waals surface area contributed by atoms with Crippen LogP contribution in [0.25, 0.3) is 0 Å². The standard InChI is InChI=1S/C11H16O6S/c1-8(17-18(13,14)15)3-4-9-5-6-10(12)11(7-9)16-2/h5-8,12H,3-4H2,1-2H3,(H,13,14,15). The Morgan fingerprint density at radius 1 is 1.39 bits per heavy atom. The van der Waals surface area contributed by atoms with Crippen LogP contribution < -0.4 is 4.74 Å². The highest BCUT2D eigenvalue weighted by molar-refractivity contribution is 7.80. The van der Waals surface area contributed by atoms with Crippen LogP contribution in [-0.2, 0) is 21.0 Å². The fourth-order valence-electron chi connectivity index (χ4n) is 1.50. The summed E-state index contributed by atoms with van der Waals surface area (Å²) in [5.74, 6) is 0.402. The lowest BCUT2D eigenvalue weighted by atomic mass is 10.1. The van der Waals surface area contributed by atoms with Gasteiger partial charge in [-0.15, -0.1) is 0 Å². The second-order valence-electron chi connectivity index (χ2n) is 3.88. The molecular formula is C11H16O6S. The van der Waals surface area contributed by atoms with Gasteiger partial charge in [0.2, 0.25) is 0 Å². The number of methoxy groups -OCH3 is 1. The topological polar surface area (TPSA) is 93.1 Å². The highest BCUT2D eigenvalue weighted by Gasteiger charge is 2.12.